The first-order chi connectivity index (χ1) is 6.47. The Morgan fingerprint density at radius 2 is 1.86 bits per heavy atom. The Bertz CT molecular complexity index is 297. The van der Waals surface area contributed by atoms with Gasteiger partial charge in [0.2, 0.25) is 0 Å². The molecule has 0 aliphatic rings. The molecule has 1 atom stereocenters. The van der Waals surface area contributed by atoms with Crippen LogP contribution in [0.2, 0.25) is 0 Å². The van der Waals surface area contributed by atoms with E-state index in [1.807, 2.05) is 6.92 Å². The fraction of sp³-hybridized carbons (Fsp3) is 0.400. The highest BCUT2D eigenvalue weighted by molar-refractivity contribution is 5.25. The summed E-state index contributed by atoms with van der Waals surface area (Å²) in [6.07, 6.45) is 0. The zero-order chi connectivity index (χ0) is 10.8. The molecule has 1 aromatic rings. The molecule has 0 spiro atoms. The van der Waals surface area contributed by atoms with Crippen LogP contribution in [0, 0.1) is 6.92 Å². The molecule has 0 radical (unpaired) electrons. The van der Waals surface area contributed by atoms with E-state index >= 15 is 0 Å². The molecule has 1 unspecified atom stereocenters. The van der Waals surface area contributed by atoms with Crippen molar-refractivity contribution >= 4 is 0 Å². The molecule has 2 nitrogen and oxygen atoms in total. The first-order valence-corrected chi connectivity index (χ1v) is 4.28. The SMILES string of the molecule is Cc1ccc(C(N)C(F)(F)CO)cc1. The fourth-order valence-corrected chi connectivity index (χ4v) is 1.12. The predicted octanol–water partition coefficient (Wildman–Crippen LogP) is 1.62. The highest BCUT2D eigenvalue weighted by Crippen LogP contribution is 2.28. The zero-order valence-electron chi connectivity index (χ0n) is 7.87. The fourth-order valence-electron chi connectivity index (χ4n) is 1.12. The third-order valence-corrected chi connectivity index (χ3v) is 2.10. The van der Waals surface area contributed by atoms with Crippen molar-refractivity contribution in [1.82, 2.24) is 0 Å². The van der Waals surface area contributed by atoms with Crippen molar-refractivity contribution in [3.8, 4) is 0 Å². The van der Waals surface area contributed by atoms with Crippen LogP contribution in [0.15, 0.2) is 24.3 Å². The van der Waals surface area contributed by atoms with Crippen molar-refractivity contribution in [1.29, 1.82) is 0 Å². The molecular weight excluding hydrogens is 188 g/mol. The van der Waals surface area contributed by atoms with Crippen LogP contribution < -0.4 is 5.73 Å². The van der Waals surface area contributed by atoms with Crippen LogP contribution in [0.25, 0.3) is 0 Å². The van der Waals surface area contributed by atoms with E-state index in [0.29, 0.717) is 5.56 Å². The third kappa shape index (κ3) is 2.27. The van der Waals surface area contributed by atoms with Gasteiger partial charge in [0.1, 0.15) is 6.61 Å². The summed E-state index contributed by atoms with van der Waals surface area (Å²) in [5.74, 6) is -3.27. The Morgan fingerprint density at radius 3 is 2.29 bits per heavy atom. The first kappa shape index (κ1) is 11.1. The number of nitrogens with two attached hydrogens (primary N) is 1. The monoisotopic (exact) mass is 201 g/mol. The normalized spacial score (nSPS) is 14.1. The van der Waals surface area contributed by atoms with Gasteiger partial charge in [-0.15, -0.1) is 0 Å². The average molecular weight is 201 g/mol. The zero-order valence-corrected chi connectivity index (χ0v) is 7.87. The van der Waals surface area contributed by atoms with Crippen LogP contribution in [-0.2, 0) is 0 Å². The van der Waals surface area contributed by atoms with Crippen molar-refractivity contribution in [2.24, 2.45) is 5.73 Å². The van der Waals surface area contributed by atoms with Crippen LogP contribution in [0.1, 0.15) is 17.2 Å². The van der Waals surface area contributed by atoms with E-state index in [1.54, 1.807) is 24.3 Å². The van der Waals surface area contributed by atoms with E-state index in [-0.39, 0.29) is 0 Å². The van der Waals surface area contributed by atoms with Gasteiger partial charge in [0.05, 0.1) is 6.04 Å². The van der Waals surface area contributed by atoms with Gasteiger partial charge >= 0.3 is 0 Å². The number of alkyl halides is 2. The Hall–Kier alpha value is -1.00. The lowest BCUT2D eigenvalue weighted by atomic mass is 10.0. The highest BCUT2D eigenvalue weighted by atomic mass is 19.3. The first-order valence-electron chi connectivity index (χ1n) is 4.28. The van der Waals surface area contributed by atoms with Crippen molar-refractivity contribution in [2.45, 2.75) is 18.9 Å². The lowest BCUT2D eigenvalue weighted by molar-refractivity contribution is -0.0711. The second-order valence-corrected chi connectivity index (χ2v) is 3.31. The number of benzene rings is 1. The molecule has 1 aromatic carbocycles. The van der Waals surface area contributed by atoms with Crippen LogP contribution in [0.3, 0.4) is 0 Å². The smallest absolute Gasteiger partial charge is 0.289 e. The molecule has 78 valence electrons. The molecule has 4 heteroatoms. The Balaban J connectivity index is 2.89. The van der Waals surface area contributed by atoms with E-state index in [9.17, 15) is 8.78 Å². The Labute approximate surface area is 81.4 Å². The standard InChI is InChI=1S/C10H13F2NO/c1-7-2-4-8(5-3-7)9(13)10(11,12)6-14/h2-5,9,14H,6,13H2,1H3. The molecule has 0 saturated heterocycles. The number of aliphatic hydroxyl groups excluding tert-OH is 1. The summed E-state index contributed by atoms with van der Waals surface area (Å²) >= 11 is 0. The summed E-state index contributed by atoms with van der Waals surface area (Å²) in [6, 6.07) is 5.06. The van der Waals surface area contributed by atoms with Gasteiger partial charge in [-0.25, -0.2) is 8.78 Å². The minimum Gasteiger partial charge on any atom is -0.390 e. The van der Waals surface area contributed by atoms with E-state index in [4.69, 9.17) is 10.8 Å². The Morgan fingerprint density at radius 1 is 1.36 bits per heavy atom. The molecule has 3 N–H and O–H groups in total. The molecule has 14 heavy (non-hydrogen) atoms. The lowest BCUT2D eigenvalue weighted by Crippen LogP contribution is -2.36. The molecule has 0 saturated carbocycles. The van der Waals surface area contributed by atoms with Crippen molar-refractivity contribution < 1.29 is 13.9 Å². The minimum absolute atomic E-state index is 0.328. The van der Waals surface area contributed by atoms with E-state index < -0.39 is 18.6 Å². The number of rotatable bonds is 3. The third-order valence-electron chi connectivity index (χ3n) is 2.10. The van der Waals surface area contributed by atoms with Gasteiger partial charge in [0.15, 0.2) is 0 Å². The van der Waals surface area contributed by atoms with Crippen LogP contribution in [0.4, 0.5) is 8.78 Å². The molecule has 0 amide bonds. The molecular formula is C10H13F2NO. The molecule has 1 rings (SSSR count). The van der Waals surface area contributed by atoms with Crippen molar-refractivity contribution in [2.75, 3.05) is 6.61 Å². The number of aryl methyl sites for hydroxylation is 1. The number of hydrogen-bond donors (Lipinski definition) is 2. The average Bonchev–Trinajstić information content (AvgIpc) is 2.18. The van der Waals surface area contributed by atoms with Gasteiger partial charge in [-0.05, 0) is 12.5 Å². The van der Waals surface area contributed by atoms with Gasteiger partial charge in [0.25, 0.3) is 5.92 Å². The van der Waals surface area contributed by atoms with Gasteiger partial charge in [-0.3, -0.25) is 0 Å². The molecule has 0 aliphatic heterocycles. The largest absolute Gasteiger partial charge is 0.390 e. The molecule has 0 heterocycles. The highest BCUT2D eigenvalue weighted by Gasteiger charge is 2.37. The summed E-state index contributed by atoms with van der Waals surface area (Å²) in [6.45, 7) is 0.627. The predicted molar refractivity (Wildman–Crippen MR) is 50.1 cm³/mol. The van der Waals surface area contributed by atoms with E-state index in [0.717, 1.165) is 5.56 Å². The van der Waals surface area contributed by atoms with E-state index in [1.165, 1.54) is 0 Å². The number of hydrogen-bond acceptors (Lipinski definition) is 2. The maximum absolute atomic E-state index is 13.0. The number of aliphatic hydroxyl groups is 1. The molecule has 0 aromatic heterocycles. The van der Waals surface area contributed by atoms with Crippen LogP contribution in [0.5, 0.6) is 0 Å². The molecule has 0 aliphatic carbocycles. The summed E-state index contributed by atoms with van der Waals surface area (Å²) < 4.78 is 25.9. The second kappa shape index (κ2) is 4.02. The van der Waals surface area contributed by atoms with Crippen LogP contribution in [-0.4, -0.2) is 17.6 Å². The van der Waals surface area contributed by atoms with Crippen molar-refractivity contribution in [3.63, 3.8) is 0 Å². The lowest BCUT2D eigenvalue weighted by Gasteiger charge is -2.21. The summed E-state index contributed by atoms with van der Waals surface area (Å²) in [5, 5.41) is 8.45. The maximum atomic E-state index is 13.0. The van der Waals surface area contributed by atoms with Gasteiger partial charge in [-0.2, -0.15) is 0 Å². The van der Waals surface area contributed by atoms with Gasteiger partial charge in [-0.1, -0.05) is 29.8 Å². The van der Waals surface area contributed by atoms with Gasteiger partial charge in [0, 0.05) is 0 Å². The van der Waals surface area contributed by atoms with Gasteiger partial charge < -0.3 is 10.8 Å². The van der Waals surface area contributed by atoms with E-state index in [2.05, 4.69) is 0 Å². The second-order valence-electron chi connectivity index (χ2n) is 3.31. The molecule has 0 bridgehead atoms. The minimum atomic E-state index is -3.27. The topological polar surface area (TPSA) is 46.2 Å². The summed E-state index contributed by atoms with van der Waals surface area (Å²) in [5.41, 5.74) is 6.63. The Kier molecular flexibility index (Phi) is 3.18. The summed E-state index contributed by atoms with van der Waals surface area (Å²) in [7, 11) is 0. The molecule has 0 fully saturated rings. The quantitative estimate of drug-likeness (QED) is 0.780. The van der Waals surface area contributed by atoms with Crippen LogP contribution >= 0.6 is 0 Å². The maximum Gasteiger partial charge on any atom is 0.289 e. The summed E-state index contributed by atoms with van der Waals surface area (Å²) in [4.78, 5) is 0. The van der Waals surface area contributed by atoms with Crippen molar-refractivity contribution in [3.05, 3.63) is 35.4 Å². The number of halogens is 2.